The largest absolute Gasteiger partial charge is 4.00 e. The zero-order valence-electron chi connectivity index (χ0n) is 10.3. The average molecular weight is 306 g/mol. The molecular formula is C13H17Cl2NTi. The van der Waals surface area contributed by atoms with Gasteiger partial charge in [0.15, 0.2) is 0 Å². The Bertz CT molecular complexity index is 301. The standard InChI is InChI=1S/C8H12N.C5H5.2ClH.Ti/c1-8(2,3)7-4-5-9-6-7;1-2-4-5-3-1;;;/h4-5,9H,1-3H3;1-3H,4H2;2*1H;/q2*-1;;;+4/p-2. The van der Waals surface area contributed by atoms with Crippen LogP contribution in [0.3, 0.4) is 0 Å². The van der Waals surface area contributed by atoms with Crippen molar-refractivity contribution in [1.82, 2.24) is 4.98 Å². The Hall–Kier alpha value is 0.0543. The van der Waals surface area contributed by atoms with E-state index in [1.807, 2.05) is 18.3 Å². The van der Waals surface area contributed by atoms with Crippen LogP contribution in [0.1, 0.15) is 32.8 Å². The summed E-state index contributed by atoms with van der Waals surface area (Å²) in [5, 5.41) is 0. The van der Waals surface area contributed by atoms with Gasteiger partial charge in [-0.15, -0.1) is 18.2 Å². The van der Waals surface area contributed by atoms with Crippen molar-refractivity contribution >= 4 is 0 Å². The maximum atomic E-state index is 3.05. The van der Waals surface area contributed by atoms with E-state index in [-0.39, 0.29) is 51.9 Å². The summed E-state index contributed by atoms with van der Waals surface area (Å²) in [5.74, 6) is 0. The van der Waals surface area contributed by atoms with Crippen LogP contribution in [0.5, 0.6) is 0 Å². The fourth-order valence-electron chi connectivity index (χ4n) is 1.06. The van der Waals surface area contributed by atoms with Crippen molar-refractivity contribution in [2.24, 2.45) is 0 Å². The number of hydrogen-bond donors (Lipinski definition) is 1. The number of hydrogen-bond acceptors (Lipinski definition) is 0. The molecule has 0 amide bonds. The van der Waals surface area contributed by atoms with Gasteiger partial charge in [-0.3, -0.25) is 6.08 Å². The Labute approximate surface area is 132 Å². The monoisotopic (exact) mass is 305 g/mol. The molecule has 0 saturated carbocycles. The summed E-state index contributed by atoms with van der Waals surface area (Å²) in [5.41, 5.74) is 1.47. The Morgan fingerprint density at radius 2 is 1.88 bits per heavy atom. The smallest absolute Gasteiger partial charge is 1.00 e. The molecule has 1 N–H and O–H groups in total. The zero-order valence-corrected chi connectivity index (χ0v) is 13.4. The van der Waals surface area contributed by atoms with Crippen LogP contribution in [-0.2, 0) is 27.1 Å². The Balaban J connectivity index is -0.000000216. The molecule has 0 unspecified atom stereocenters. The molecule has 17 heavy (non-hydrogen) atoms. The molecule has 0 aliphatic heterocycles. The van der Waals surface area contributed by atoms with Crippen molar-refractivity contribution in [2.45, 2.75) is 32.6 Å². The molecule has 0 bridgehead atoms. The minimum absolute atomic E-state index is 0. The molecule has 1 aromatic heterocycles. The molecule has 1 aliphatic carbocycles. The van der Waals surface area contributed by atoms with Crippen molar-refractivity contribution in [2.75, 3.05) is 0 Å². The van der Waals surface area contributed by atoms with Crippen molar-refractivity contribution in [3.63, 3.8) is 0 Å². The first-order chi connectivity index (χ1) is 6.61. The maximum Gasteiger partial charge on any atom is 4.00 e. The summed E-state index contributed by atoms with van der Waals surface area (Å²) in [7, 11) is 0. The summed E-state index contributed by atoms with van der Waals surface area (Å²) in [6, 6.07) is 2.06. The van der Waals surface area contributed by atoms with E-state index < -0.39 is 0 Å². The third-order valence-corrected chi connectivity index (χ3v) is 1.93. The topological polar surface area (TPSA) is 15.8 Å². The number of halogens is 2. The van der Waals surface area contributed by atoms with Gasteiger partial charge in [0.25, 0.3) is 0 Å². The number of nitrogens with one attached hydrogen (secondary N) is 1. The first-order valence-electron chi connectivity index (χ1n) is 4.88. The van der Waals surface area contributed by atoms with Gasteiger partial charge in [-0.1, -0.05) is 20.8 Å². The predicted octanol–water partition coefficient (Wildman–Crippen LogP) is -2.58. The summed E-state index contributed by atoms with van der Waals surface area (Å²) in [6.07, 6.45) is 15.0. The van der Waals surface area contributed by atoms with E-state index in [1.54, 1.807) is 0 Å². The van der Waals surface area contributed by atoms with E-state index in [9.17, 15) is 0 Å². The molecule has 2 rings (SSSR count). The number of H-pyrrole nitrogens is 1. The van der Waals surface area contributed by atoms with Crippen molar-refractivity contribution in [3.8, 4) is 0 Å². The van der Waals surface area contributed by atoms with Crippen LogP contribution in [0.15, 0.2) is 30.5 Å². The molecular weight excluding hydrogens is 289 g/mol. The van der Waals surface area contributed by atoms with E-state index in [2.05, 4.69) is 50.2 Å². The number of rotatable bonds is 0. The molecule has 0 saturated heterocycles. The summed E-state index contributed by atoms with van der Waals surface area (Å²) in [4.78, 5) is 2.91. The fraction of sp³-hybridized carbons (Fsp3) is 0.385. The molecule has 0 atom stereocenters. The molecule has 1 nitrogen and oxygen atoms in total. The van der Waals surface area contributed by atoms with E-state index in [1.165, 1.54) is 5.56 Å². The molecule has 1 aliphatic rings. The second-order valence-corrected chi connectivity index (χ2v) is 4.27. The molecule has 1 heterocycles. The van der Waals surface area contributed by atoms with E-state index in [0.29, 0.717) is 0 Å². The third-order valence-electron chi connectivity index (χ3n) is 1.93. The molecule has 0 spiro atoms. The van der Waals surface area contributed by atoms with Crippen LogP contribution in [0.25, 0.3) is 0 Å². The molecule has 0 aromatic carbocycles. The Kier molecular flexibility index (Phi) is 14.6. The molecule has 0 radical (unpaired) electrons. The van der Waals surface area contributed by atoms with Crippen molar-refractivity contribution < 1.29 is 46.5 Å². The second kappa shape index (κ2) is 11.2. The van der Waals surface area contributed by atoms with E-state index in [0.717, 1.165) is 6.42 Å². The van der Waals surface area contributed by atoms with Crippen LogP contribution >= 0.6 is 0 Å². The quantitative estimate of drug-likeness (QED) is 0.400. The van der Waals surface area contributed by atoms with Gasteiger partial charge >= 0.3 is 21.7 Å². The number of aromatic nitrogens is 1. The molecule has 92 valence electrons. The summed E-state index contributed by atoms with van der Waals surface area (Å²) >= 11 is 0. The van der Waals surface area contributed by atoms with Crippen LogP contribution in [0.4, 0.5) is 0 Å². The van der Waals surface area contributed by atoms with E-state index in [4.69, 9.17) is 0 Å². The van der Waals surface area contributed by atoms with Crippen LogP contribution in [0.2, 0.25) is 0 Å². The van der Waals surface area contributed by atoms with Crippen LogP contribution in [-0.4, -0.2) is 4.98 Å². The van der Waals surface area contributed by atoms with E-state index >= 15 is 0 Å². The average Bonchev–Trinajstić information content (AvgIpc) is 2.80. The van der Waals surface area contributed by atoms with Gasteiger partial charge in [-0.25, -0.2) is 12.2 Å². The first-order valence-corrected chi connectivity index (χ1v) is 4.88. The van der Waals surface area contributed by atoms with Crippen LogP contribution < -0.4 is 24.8 Å². The molecule has 4 heteroatoms. The predicted molar refractivity (Wildman–Crippen MR) is 59.9 cm³/mol. The van der Waals surface area contributed by atoms with Gasteiger partial charge in [-0.05, 0) is 5.41 Å². The SMILES string of the molecule is CC(C)(C)c1[c-][nH]cc1.[C-]1=CC=CC1.[Cl-].[Cl-].[Ti+4]. The second-order valence-electron chi connectivity index (χ2n) is 4.27. The van der Waals surface area contributed by atoms with Gasteiger partial charge < -0.3 is 29.8 Å². The summed E-state index contributed by atoms with van der Waals surface area (Å²) < 4.78 is 0. The minimum Gasteiger partial charge on any atom is -1.00 e. The fourth-order valence-corrected chi connectivity index (χ4v) is 1.06. The minimum atomic E-state index is 0. The van der Waals surface area contributed by atoms with Crippen molar-refractivity contribution in [1.29, 1.82) is 0 Å². The van der Waals surface area contributed by atoms with Gasteiger partial charge in [0.05, 0.1) is 0 Å². The van der Waals surface area contributed by atoms with Gasteiger partial charge in [0.2, 0.25) is 0 Å². The molecule has 1 aromatic rings. The first kappa shape index (κ1) is 22.3. The molecule has 0 fully saturated rings. The maximum absolute atomic E-state index is 3.05. The number of aromatic amines is 1. The third kappa shape index (κ3) is 9.73. The Morgan fingerprint density at radius 1 is 1.24 bits per heavy atom. The van der Waals surface area contributed by atoms with Crippen molar-refractivity contribution in [3.05, 3.63) is 48.3 Å². The van der Waals surface area contributed by atoms with Crippen LogP contribution in [0, 0.1) is 12.3 Å². The summed E-state index contributed by atoms with van der Waals surface area (Å²) in [6.45, 7) is 6.52. The zero-order chi connectivity index (χ0) is 10.4. The van der Waals surface area contributed by atoms with Gasteiger partial charge in [-0.2, -0.15) is 18.3 Å². The normalized spacial score (nSPS) is 11.5. The number of allylic oxidation sites excluding steroid dienone is 4. The Morgan fingerprint density at radius 3 is 2.06 bits per heavy atom. The van der Waals surface area contributed by atoms with Gasteiger partial charge in [0.1, 0.15) is 0 Å². The van der Waals surface area contributed by atoms with Gasteiger partial charge in [0, 0.05) is 0 Å².